The number of aliphatic hydroxyl groups is 1. The van der Waals surface area contributed by atoms with E-state index in [9.17, 15) is 9.90 Å². The summed E-state index contributed by atoms with van der Waals surface area (Å²) >= 11 is 1.77. The third-order valence-corrected chi connectivity index (χ3v) is 4.69. The van der Waals surface area contributed by atoms with Crippen LogP contribution >= 0.6 is 11.8 Å². The molecule has 1 aromatic rings. The number of amides is 1. The molecule has 3 rings (SSSR count). The zero-order chi connectivity index (χ0) is 13.5. The fourth-order valence-electron chi connectivity index (χ4n) is 2.73. The Kier molecular flexibility index (Phi) is 3.31. The molecule has 0 bridgehead atoms. The van der Waals surface area contributed by atoms with Crippen molar-refractivity contribution in [2.24, 2.45) is 5.92 Å². The summed E-state index contributed by atoms with van der Waals surface area (Å²) in [6, 6.07) is 7.80. The first kappa shape index (κ1) is 13.0. The molecule has 4 heteroatoms. The summed E-state index contributed by atoms with van der Waals surface area (Å²) in [4.78, 5) is 14.0. The van der Waals surface area contributed by atoms with Crippen molar-refractivity contribution in [3.63, 3.8) is 0 Å². The van der Waals surface area contributed by atoms with Crippen molar-refractivity contribution in [1.29, 1.82) is 0 Å². The summed E-state index contributed by atoms with van der Waals surface area (Å²) in [7, 11) is 0. The SMILES string of the molecule is CSCc1ccc(C(=O)N2CC(O)(C3CC3)C2)cc1. The van der Waals surface area contributed by atoms with Gasteiger partial charge in [-0.3, -0.25) is 4.79 Å². The molecule has 2 aliphatic rings. The quantitative estimate of drug-likeness (QED) is 0.916. The highest BCUT2D eigenvalue weighted by Gasteiger charge is 2.53. The smallest absolute Gasteiger partial charge is 0.254 e. The van der Waals surface area contributed by atoms with E-state index in [1.165, 1.54) is 5.56 Å². The molecule has 19 heavy (non-hydrogen) atoms. The van der Waals surface area contributed by atoms with Crippen molar-refractivity contribution < 1.29 is 9.90 Å². The van der Waals surface area contributed by atoms with Crippen molar-refractivity contribution in [1.82, 2.24) is 4.90 Å². The predicted octanol–water partition coefficient (Wildman–Crippen LogP) is 2.15. The molecule has 0 atom stereocenters. The van der Waals surface area contributed by atoms with E-state index in [-0.39, 0.29) is 5.91 Å². The zero-order valence-corrected chi connectivity index (χ0v) is 11.9. The number of thioether (sulfide) groups is 1. The summed E-state index contributed by atoms with van der Waals surface area (Å²) in [5, 5.41) is 10.2. The molecule has 0 radical (unpaired) electrons. The highest BCUT2D eigenvalue weighted by molar-refractivity contribution is 7.97. The van der Waals surface area contributed by atoms with Gasteiger partial charge in [-0.05, 0) is 42.7 Å². The standard InChI is InChI=1S/C15H19NO2S/c1-19-8-11-2-4-12(5-3-11)14(17)16-9-15(18,10-16)13-6-7-13/h2-5,13,18H,6-10H2,1H3. The average Bonchev–Trinajstić information content (AvgIpc) is 3.20. The minimum Gasteiger partial charge on any atom is -0.386 e. The molecule has 1 aliphatic carbocycles. The first-order valence-electron chi connectivity index (χ1n) is 6.72. The first-order valence-corrected chi connectivity index (χ1v) is 8.11. The van der Waals surface area contributed by atoms with Crippen LogP contribution in [-0.4, -0.2) is 40.9 Å². The maximum Gasteiger partial charge on any atom is 0.254 e. The largest absolute Gasteiger partial charge is 0.386 e. The lowest BCUT2D eigenvalue weighted by molar-refractivity contribution is -0.0958. The molecule has 1 amide bonds. The van der Waals surface area contributed by atoms with Crippen LogP contribution < -0.4 is 0 Å². The van der Waals surface area contributed by atoms with E-state index in [1.807, 2.05) is 24.3 Å². The van der Waals surface area contributed by atoms with E-state index in [2.05, 4.69) is 6.26 Å². The van der Waals surface area contributed by atoms with Crippen LogP contribution in [-0.2, 0) is 5.75 Å². The second-order valence-corrected chi connectivity index (χ2v) is 6.54. The Morgan fingerprint density at radius 3 is 2.53 bits per heavy atom. The van der Waals surface area contributed by atoms with Crippen LogP contribution in [0.25, 0.3) is 0 Å². The van der Waals surface area contributed by atoms with Crippen molar-refractivity contribution in [2.45, 2.75) is 24.2 Å². The Morgan fingerprint density at radius 2 is 2.00 bits per heavy atom. The maximum atomic E-state index is 12.2. The molecule has 1 aliphatic heterocycles. The van der Waals surface area contributed by atoms with Gasteiger partial charge in [0, 0.05) is 11.3 Å². The third-order valence-electron chi connectivity index (χ3n) is 4.07. The number of rotatable bonds is 4. The lowest BCUT2D eigenvalue weighted by atomic mass is 9.88. The number of carbonyl (C=O) groups is 1. The first-order chi connectivity index (χ1) is 9.12. The second-order valence-electron chi connectivity index (χ2n) is 5.67. The van der Waals surface area contributed by atoms with E-state index in [0.29, 0.717) is 19.0 Å². The fourth-order valence-corrected chi connectivity index (χ4v) is 3.26. The van der Waals surface area contributed by atoms with Gasteiger partial charge in [-0.2, -0.15) is 11.8 Å². The molecule has 3 nitrogen and oxygen atoms in total. The third kappa shape index (κ3) is 2.51. The Bertz CT molecular complexity index is 475. The fraction of sp³-hybridized carbons (Fsp3) is 0.533. The van der Waals surface area contributed by atoms with Gasteiger partial charge in [-0.1, -0.05) is 12.1 Å². The summed E-state index contributed by atoms with van der Waals surface area (Å²) in [6.45, 7) is 1.01. The number of likely N-dealkylation sites (tertiary alicyclic amines) is 1. The molecular weight excluding hydrogens is 258 g/mol. The van der Waals surface area contributed by atoms with Crippen LogP contribution in [0.15, 0.2) is 24.3 Å². The topological polar surface area (TPSA) is 40.5 Å². The van der Waals surface area contributed by atoms with Gasteiger partial charge in [0.05, 0.1) is 13.1 Å². The summed E-state index contributed by atoms with van der Waals surface area (Å²) < 4.78 is 0. The number of β-amino-alcohol motifs (C(OH)–C–C–N with tert-alkyl or cyclic N) is 1. The van der Waals surface area contributed by atoms with E-state index in [4.69, 9.17) is 0 Å². The van der Waals surface area contributed by atoms with Crippen LogP contribution in [0, 0.1) is 5.92 Å². The lowest BCUT2D eigenvalue weighted by Gasteiger charge is -2.47. The average molecular weight is 277 g/mol. The molecular formula is C15H19NO2S. The second kappa shape index (κ2) is 4.84. The number of carbonyl (C=O) groups excluding carboxylic acids is 1. The highest BCUT2D eigenvalue weighted by Crippen LogP contribution is 2.44. The molecule has 1 saturated carbocycles. The normalized spacial score (nSPS) is 21.1. The van der Waals surface area contributed by atoms with Gasteiger partial charge < -0.3 is 10.0 Å². The van der Waals surface area contributed by atoms with E-state index < -0.39 is 5.60 Å². The monoisotopic (exact) mass is 277 g/mol. The Morgan fingerprint density at radius 1 is 1.37 bits per heavy atom. The molecule has 1 saturated heterocycles. The van der Waals surface area contributed by atoms with Gasteiger partial charge in [0.1, 0.15) is 5.60 Å². The molecule has 1 aromatic carbocycles. The molecule has 2 fully saturated rings. The van der Waals surface area contributed by atoms with Crippen molar-refractivity contribution in [3.05, 3.63) is 35.4 Å². The predicted molar refractivity (Wildman–Crippen MR) is 77.2 cm³/mol. The van der Waals surface area contributed by atoms with Crippen LogP contribution in [0.5, 0.6) is 0 Å². The van der Waals surface area contributed by atoms with Crippen LogP contribution in [0.1, 0.15) is 28.8 Å². The van der Waals surface area contributed by atoms with Gasteiger partial charge in [-0.25, -0.2) is 0 Å². The van der Waals surface area contributed by atoms with Gasteiger partial charge in [0.15, 0.2) is 0 Å². The zero-order valence-electron chi connectivity index (χ0n) is 11.1. The van der Waals surface area contributed by atoms with Gasteiger partial charge in [0.25, 0.3) is 5.91 Å². The lowest BCUT2D eigenvalue weighted by Crippen LogP contribution is -2.64. The van der Waals surface area contributed by atoms with Crippen LogP contribution in [0.2, 0.25) is 0 Å². The summed E-state index contributed by atoms with van der Waals surface area (Å²) in [5.41, 5.74) is 1.37. The molecule has 1 N–H and O–H groups in total. The molecule has 1 heterocycles. The maximum absolute atomic E-state index is 12.2. The van der Waals surface area contributed by atoms with Crippen LogP contribution in [0.3, 0.4) is 0 Å². The Balaban J connectivity index is 1.61. The van der Waals surface area contributed by atoms with Crippen molar-refractivity contribution in [2.75, 3.05) is 19.3 Å². The van der Waals surface area contributed by atoms with E-state index in [0.717, 1.165) is 24.2 Å². The minimum atomic E-state index is -0.589. The van der Waals surface area contributed by atoms with Crippen LogP contribution in [0.4, 0.5) is 0 Å². The minimum absolute atomic E-state index is 0.0426. The summed E-state index contributed by atoms with van der Waals surface area (Å²) in [5.74, 6) is 1.45. The van der Waals surface area contributed by atoms with Crippen molar-refractivity contribution >= 4 is 17.7 Å². The van der Waals surface area contributed by atoms with E-state index >= 15 is 0 Å². The molecule has 0 spiro atoms. The Labute approximate surface area is 118 Å². The van der Waals surface area contributed by atoms with Gasteiger partial charge >= 0.3 is 0 Å². The van der Waals surface area contributed by atoms with Crippen molar-refractivity contribution in [3.8, 4) is 0 Å². The number of hydrogen-bond donors (Lipinski definition) is 1. The summed E-state index contributed by atoms with van der Waals surface area (Å²) in [6.07, 6.45) is 4.29. The number of hydrogen-bond acceptors (Lipinski definition) is 3. The number of benzene rings is 1. The number of nitrogens with zero attached hydrogens (tertiary/aromatic N) is 1. The molecule has 0 unspecified atom stereocenters. The van der Waals surface area contributed by atoms with E-state index in [1.54, 1.807) is 16.7 Å². The Hall–Kier alpha value is -1.00. The van der Waals surface area contributed by atoms with Gasteiger partial charge in [0.2, 0.25) is 0 Å². The molecule has 102 valence electrons. The highest BCUT2D eigenvalue weighted by atomic mass is 32.2. The van der Waals surface area contributed by atoms with Gasteiger partial charge in [-0.15, -0.1) is 0 Å². The molecule has 0 aromatic heterocycles.